The maximum Gasteiger partial charge on any atom is 0.223 e. The summed E-state index contributed by atoms with van der Waals surface area (Å²) in [6, 6.07) is 0. The van der Waals surface area contributed by atoms with Gasteiger partial charge in [-0.25, -0.2) is 0 Å². The Hall–Kier alpha value is -0.280. The predicted molar refractivity (Wildman–Crippen MR) is 61.1 cm³/mol. The van der Waals surface area contributed by atoms with Gasteiger partial charge >= 0.3 is 0 Å². The molecule has 1 amide bonds. The van der Waals surface area contributed by atoms with Crippen molar-refractivity contribution in [2.24, 2.45) is 5.41 Å². The molecule has 1 aliphatic rings. The second kappa shape index (κ2) is 5.17. The fourth-order valence-electron chi connectivity index (χ4n) is 1.56. The third-order valence-electron chi connectivity index (χ3n) is 2.26. The maximum atomic E-state index is 11.9. The number of nitrogens with zero attached hydrogens (tertiary/aromatic N) is 1. The van der Waals surface area contributed by atoms with Gasteiger partial charge in [-0.3, -0.25) is 4.79 Å². The molecule has 0 radical (unpaired) electrons. The first-order valence-electron chi connectivity index (χ1n) is 5.38. The normalized spacial score (nSPS) is 23.7. The fraction of sp³-hybridized carbons (Fsp3) is 0.909. The Morgan fingerprint density at radius 1 is 1.53 bits per heavy atom. The molecule has 0 N–H and O–H groups in total. The Morgan fingerprint density at radius 3 is 2.80 bits per heavy atom. The van der Waals surface area contributed by atoms with Gasteiger partial charge in [0.25, 0.3) is 0 Å². The molecule has 1 rings (SSSR count). The van der Waals surface area contributed by atoms with Gasteiger partial charge in [0.2, 0.25) is 5.91 Å². The van der Waals surface area contributed by atoms with E-state index in [9.17, 15) is 4.79 Å². The van der Waals surface area contributed by atoms with Gasteiger partial charge < -0.3 is 9.64 Å². The molecule has 0 bridgehead atoms. The second-order valence-electron chi connectivity index (χ2n) is 5.25. The number of amides is 1. The summed E-state index contributed by atoms with van der Waals surface area (Å²) in [4.78, 5) is 13.7. The van der Waals surface area contributed by atoms with E-state index in [1.54, 1.807) is 0 Å². The molecule has 3 nitrogen and oxygen atoms in total. The highest BCUT2D eigenvalue weighted by Crippen LogP contribution is 2.20. The van der Waals surface area contributed by atoms with E-state index in [0.29, 0.717) is 32.7 Å². The van der Waals surface area contributed by atoms with E-state index < -0.39 is 0 Å². The summed E-state index contributed by atoms with van der Waals surface area (Å²) in [5, 5.41) is -0.0728. The second-order valence-corrected chi connectivity index (χ2v) is 5.87. The topological polar surface area (TPSA) is 29.5 Å². The predicted octanol–water partition coefficient (Wildman–Crippen LogP) is 1.89. The smallest absolute Gasteiger partial charge is 0.223 e. The maximum absolute atomic E-state index is 11.9. The van der Waals surface area contributed by atoms with Gasteiger partial charge in [-0.05, 0) is 5.41 Å². The van der Waals surface area contributed by atoms with E-state index >= 15 is 0 Å². The van der Waals surface area contributed by atoms with Crippen LogP contribution in [0.3, 0.4) is 0 Å². The Labute approximate surface area is 96.7 Å². The minimum Gasteiger partial charge on any atom is -0.378 e. The highest BCUT2D eigenvalue weighted by Gasteiger charge is 2.24. The fourth-order valence-corrected chi connectivity index (χ4v) is 1.82. The van der Waals surface area contributed by atoms with Crippen molar-refractivity contribution in [2.45, 2.75) is 32.6 Å². The van der Waals surface area contributed by atoms with Gasteiger partial charge in [-0.1, -0.05) is 20.8 Å². The molecule has 1 heterocycles. The van der Waals surface area contributed by atoms with E-state index in [0.717, 1.165) is 0 Å². The molecule has 4 heteroatoms. The van der Waals surface area contributed by atoms with E-state index in [1.165, 1.54) is 0 Å². The Morgan fingerprint density at radius 2 is 2.20 bits per heavy atom. The third-order valence-corrected chi connectivity index (χ3v) is 2.52. The van der Waals surface area contributed by atoms with Crippen LogP contribution in [0.5, 0.6) is 0 Å². The molecule has 1 unspecified atom stereocenters. The monoisotopic (exact) mass is 233 g/mol. The summed E-state index contributed by atoms with van der Waals surface area (Å²) < 4.78 is 5.29. The average molecular weight is 234 g/mol. The number of hydrogen-bond donors (Lipinski definition) is 0. The zero-order valence-electron chi connectivity index (χ0n) is 9.75. The van der Waals surface area contributed by atoms with Crippen molar-refractivity contribution < 1.29 is 9.53 Å². The summed E-state index contributed by atoms with van der Waals surface area (Å²) in [6.45, 7) is 8.61. The molecule has 15 heavy (non-hydrogen) atoms. The molecule has 1 saturated heterocycles. The number of halogens is 1. The lowest BCUT2D eigenvalue weighted by atomic mass is 9.91. The van der Waals surface area contributed by atoms with E-state index in [4.69, 9.17) is 16.3 Å². The van der Waals surface area contributed by atoms with Crippen molar-refractivity contribution in [3.8, 4) is 0 Å². The minimum atomic E-state index is -0.0728. The first-order chi connectivity index (χ1) is 6.88. The van der Waals surface area contributed by atoms with Crippen LogP contribution in [0.4, 0.5) is 0 Å². The number of ether oxygens (including phenoxy) is 1. The summed E-state index contributed by atoms with van der Waals surface area (Å²) in [6.07, 6.45) is 0.566. The largest absolute Gasteiger partial charge is 0.378 e. The number of alkyl halides is 1. The van der Waals surface area contributed by atoms with Crippen molar-refractivity contribution in [3.05, 3.63) is 0 Å². The number of hydrogen-bond acceptors (Lipinski definition) is 2. The summed E-state index contributed by atoms with van der Waals surface area (Å²) in [7, 11) is 0. The number of rotatable bonds is 1. The SMILES string of the molecule is CC(C)(C)CC(=O)N1CCOCC(Cl)C1. The zero-order chi connectivity index (χ0) is 11.5. The highest BCUT2D eigenvalue weighted by atomic mass is 35.5. The lowest BCUT2D eigenvalue weighted by molar-refractivity contribution is -0.133. The van der Waals surface area contributed by atoms with Crippen LogP contribution in [0.15, 0.2) is 0 Å². The molecule has 0 aromatic carbocycles. The molecule has 0 aliphatic carbocycles. The molecular weight excluding hydrogens is 214 g/mol. The number of carbonyl (C=O) groups is 1. The number of carbonyl (C=O) groups excluding carboxylic acids is 1. The van der Waals surface area contributed by atoms with E-state index in [1.807, 2.05) is 4.90 Å². The summed E-state index contributed by atoms with van der Waals surface area (Å²) >= 11 is 6.01. The summed E-state index contributed by atoms with van der Waals surface area (Å²) in [5.41, 5.74) is 0.0338. The standard InChI is InChI=1S/C11H20ClNO2/c1-11(2,3)6-10(14)13-4-5-15-8-9(12)7-13/h9H,4-8H2,1-3H3. The van der Waals surface area contributed by atoms with Gasteiger partial charge in [0.15, 0.2) is 0 Å². The van der Waals surface area contributed by atoms with Crippen LogP contribution in [0.1, 0.15) is 27.2 Å². The quantitative estimate of drug-likeness (QED) is 0.648. The molecular formula is C11H20ClNO2. The van der Waals surface area contributed by atoms with Crippen LogP contribution in [-0.4, -0.2) is 42.5 Å². The van der Waals surface area contributed by atoms with Crippen molar-refractivity contribution in [2.75, 3.05) is 26.3 Å². The Bertz CT molecular complexity index is 225. The molecule has 0 saturated carbocycles. The Kier molecular flexibility index (Phi) is 4.41. The van der Waals surface area contributed by atoms with E-state index in [2.05, 4.69) is 20.8 Å². The molecule has 1 aliphatic heterocycles. The summed E-state index contributed by atoms with van der Waals surface area (Å²) in [5.74, 6) is 0.179. The van der Waals surface area contributed by atoms with Crippen LogP contribution in [0.2, 0.25) is 0 Å². The average Bonchev–Trinajstić information content (AvgIpc) is 2.26. The minimum absolute atomic E-state index is 0.0338. The Balaban J connectivity index is 2.50. The molecule has 0 aromatic heterocycles. The molecule has 88 valence electrons. The first kappa shape index (κ1) is 12.8. The van der Waals surface area contributed by atoms with Crippen molar-refractivity contribution in [3.63, 3.8) is 0 Å². The van der Waals surface area contributed by atoms with Crippen molar-refractivity contribution in [1.29, 1.82) is 0 Å². The van der Waals surface area contributed by atoms with Gasteiger partial charge in [0.1, 0.15) is 0 Å². The lowest BCUT2D eigenvalue weighted by Crippen LogP contribution is -2.38. The van der Waals surface area contributed by atoms with Gasteiger partial charge in [-0.2, -0.15) is 0 Å². The van der Waals surface area contributed by atoms with Gasteiger partial charge in [-0.15, -0.1) is 11.6 Å². The molecule has 1 atom stereocenters. The highest BCUT2D eigenvalue weighted by molar-refractivity contribution is 6.21. The van der Waals surface area contributed by atoms with E-state index in [-0.39, 0.29) is 16.7 Å². The van der Waals surface area contributed by atoms with Crippen LogP contribution in [0, 0.1) is 5.41 Å². The van der Waals surface area contributed by atoms with Gasteiger partial charge in [0, 0.05) is 19.5 Å². The first-order valence-corrected chi connectivity index (χ1v) is 5.82. The zero-order valence-corrected chi connectivity index (χ0v) is 10.5. The third kappa shape index (κ3) is 4.85. The van der Waals surface area contributed by atoms with Gasteiger partial charge in [0.05, 0.1) is 18.6 Å². The lowest BCUT2D eigenvalue weighted by Gasteiger charge is -2.25. The van der Waals surface area contributed by atoms with Crippen LogP contribution in [-0.2, 0) is 9.53 Å². The molecule has 0 aromatic rings. The van der Waals surface area contributed by atoms with Crippen LogP contribution in [0.25, 0.3) is 0 Å². The van der Waals surface area contributed by atoms with Crippen molar-refractivity contribution >= 4 is 17.5 Å². The molecule has 0 spiro atoms. The van der Waals surface area contributed by atoms with Crippen LogP contribution >= 0.6 is 11.6 Å². The van der Waals surface area contributed by atoms with Crippen molar-refractivity contribution in [1.82, 2.24) is 4.90 Å². The molecule has 1 fully saturated rings. The van der Waals surface area contributed by atoms with Crippen LogP contribution < -0.4 is 0 Å².